The van der Waals surface area contributed by atoms with E-state index in [-0.39, 0.29) is 11.9 Å². The Kier molecular flexibility index (Phi) is 7.25. The van der Waals surface area contributed by atoms with Crippen LogP contribution in [0.5, 0.6) is 0 Å². The van der Waals surface area contributed by atoms with Crippen LogP contribution < -0.4 is 5.32 Å². The molecule has 0 fully saturated rings. The number of urea groups is 1. The zero-order valence-electron chi connectivity index (χ0n) is 20.9. The Morgan fingerprint density at radius 3 is 2.65 bits per heavy atom. The van der Waals surface area contributed by atoms with Gasteiger partial charge in [0, 0.05) is 51.1 Å². The molecular formula is C27H30N7O3. The van der Waals surface area contributed by atoms with Gasteiger partial charge in [-0.2, -0.15) is 5.10 Å². The number of nitrogens with one attached hydrogen (secondary N) is 1. The van der Waals surface area contributed by atoms with Gasteiger partial charge in [0.1, 0.15) is 5.92 Å². The minimum Gasteiger partial charge on any atom is -0.425 e. The maximum Gasteiger partial charge on any atom is 0.322 e. The van der Waals surface area contributed by atoms with Gasteiger partial charge in [0.25, 0.3) is 5.91 Å². The molecule has 0 spiro atoms. The number of pyridine rings is 1. The number of nitrogens with zero attached hydrogens (tertiary/aromatic N) is 6. The highest BCUT2D eigenvalue weighted by atomic mass is 16.4. The van der Waals surface area contributed by atoms with E-state index in [0.717, 1.165) is 48.1 Å². The minimum atomic E-state index is -0.577. The van der Waals surface area contributed by atoms with E-state index >= 15 is 0 Å². The second kappa shape index (κ2) is 10.9. The van der Waals surface area contributed by atoms with Crippen molar-refractivity contribution >= 4 is 23.3 Å². The molecule has 1 unspecified atom stereocenters. The predicted molar refractivity (Wildman–Crippen MR) is 137 cm³/mol. The van der Waals surface area contributed by atoms with Crippen molar-refractivity contribution in [2.24, 2.45) is 5.10 Å². The largest absolute Gasteiger partial charge is 0.425 e. The maximum absolute atomic E-state index is 13.2. The molecule has 3 amide bonds. The van der Waals surface area contributed by atoms with Crippen molar-refractivity contribution in [1.82, 2.24) is 25.1 Å². The summed E-state index contributed by atoms with van der Waals surface area (Å²) < 4.78 is 5.61. The lowest BCUT2D eigenvalue weighted by Gasteiger charge is -2.28. The van der Waals surface area contributed by atoms with Crippen LogP contribution in [0, 0.1) is 13.8 Å². The second-order valence-corrected chi connectivity index (χ2v) is 9.35. The number of unbranched alkanes of at least 4 members (excludes halogenated alkanes) is 3. The Bertz CT molecular complexity index is 1280. The third-order valence-electron chi connectivity index (χ3n) is 6.63. The van der Waals surface area contributed by atoms with Gasteiger partial charge in [-0.15, -0.1) is 10.2 Å². The highest BCUT2D eigenvalue weighted by Crippen LogP contribution is 2.29. The average molecular weight is 501 g/mol. The second-order valence-electron chi connectivity index (χ2n) is 9.35. The van der Waals surface area contributed by atoms with Crippen LogP contribution in [0.25, 0.3) is 0 Å². The number of hydrogen-bond acceptors (Lipinski definition) is 7. The zero-order chi connectivity index (χ0) is 25.8. The van der Waals surface area contributed by atoms with Gasteiger partial charge in [0.2, 0.25) is 11.8 Å². The molecule has 2 aliphatic heterocycles. The Hall–Kier alpha value is -4.08. The molecule has 0 saturated heterocycles. The molecule has 191 valence electrons. The van der Waals surface area contributed by atoms with E-state index in [1.807, 2.05) is 30.3 Å². The summed E-state index contributed by atoms with van der Waals surface area (Å²) >= 11 is 0. The monoisotopic (exact) mass is 500 g/mol. The Balaban J connectivity index is 1.29. The van der Waals surface area contributed by atoms with Crippen LogP contribution in [0.4, 0.5) is 10.5 Å². The first kappa shape index (κ1) is 24.6. The van der Waals surface area contributed by atoms with E-state index in [1.54, 1.807) is 24.2 Å². The maximum atomic E-state index is 13.2. The van der Waals surface area contributed by atoms with Crippen molar-refractivity contribution in [2.45, 2.75) is 58.0 Å². The number of carbonyl (C=O) groups excluding carboxylic acids is 2. The van der Waals surface area contributed by atoms with Crippen LogP contribution in [0.1, 0.15) is 66.5 Å². The molecule has 1 aromatic carbocycles. The van der Waals surface area contributed by atoms with Crippen molar-refractivity contribution in [3.63, 3.8) is 0 Å². The van der Waals surface area contributed by atoms with Crippen LogP contribution in [-0.2, 0) is 17.9 Å². The average Bonchev–Trinajstić information content (AvgIpc) is 3.54. The van der Waals surface area contributed by atoms with Gasteiger partial charge in [0.15, 0.2) is 0 Å². The zero-order valence-corrected chi connectivity index (χ0v) is 20.9. The van der Waals surface area contributed by atoms with Crippen molar-refractivity contribution in [3.8, 4) is 0 Å². The van der Waals surface area contributed by atoms with Crippen molar-refractivity contribution in [3.05, 3.63) is 78.1 Å². The lowest BCUT2D eigenvalue weighted by molar-refractivity contribution is -0.134. The number of benzene rings is 1. The topological polar surface area (TPSA) is 117 Å². The van der Waals surface area contributed by atoms with Gasteiger partial charge in [-0.3, -0.25) is 9.78 Å². The number of rotatable bonds is 8. The van der Waals surface area contributed by atoms with Crippen molar-refractivity contribution in [2.75, 3.05) is 11.9 Å². The summed E-state index contributed by atoms with van der Waals surface area (Å²) in [7, 11) is 0. The fraction of sp³-hybridized carbons (Fsp3) is 0.370. The smallest absolute Gasteiger partial charge is 0.322 e. The summed E-state index contributed by atoms with van der Waals surface area (Å²) in [5.41, 5.74) is 4.50. The molecule has 0 aliphatic carbocycles. The molecule has 1 N–H and O–H groups in total. The molecule has 2 aromatic heterocycles. The highest BCUT2D eigenvalue weighted by molar-refractivity contribution is 6.06. The molecule has 0 saturated carbocycles. The first-order chi connectivity index (χ1) is 18.0. The number of fused-ring (bicyclic) bond motifs is 1. The first-order valence-corrected chi connectivity index (χ1v) is 12.6. The first-order valence-electron chi connectivity index (χ1n) is 12.6. The molecule has 37 heavy (non-hydrogen) atoms. The summed E-state index contributed by atoms with van der Waals surface area (Å²) in [6, 6.07) is 9.29. The van der Waals surface area contributed by atoms with E-state index in [1.165, 1.54) is 5.01 Å². The number of hydrazone groups is 1. The number of anilines is 1. The number of aromatic nitrogens is 3. The summed E-state index contributed by atoms with van der Waals surface area (Å²) in [6.45, 7) is 7.21. The molecule has 0 bridgehead atoms. The molecule has 3 aromatic rings. The summed E-state index contributed by atoms with van der Waals surface area (Å²) in [6.07, 6.45) is 7.62. The third-order valence-corrected chi connectivity index (χ3v) is 6.63. The van der Waals surface area contributed by atoms with Gasteiger partial charge < -0.3 is 14.6 Å². The summed E-state index contributed by atoms with van der Waals surface area (Å²) in [4.78, 5) is 31.9. The lowest BCUT2D eigenvalue weighted by Crippen LogP contribution is -2.38. The number of hydrogen-bond donors (Lipinski definition) is 1. The predicted octanol–water partition coefficient (Wildman–Crippen LogP) is 4.44. The van der Waals surface area contributed by atoms with Crippen LogP contribution >= 0.6 is 0 Å². The Morgan fingerprint density at radius 2 is 1.92 bits per heavy atom. The van der Waals surface area contributed by atoms with Gasteiger partial charge in [-0.25, -0.2) is 9.80 Å². The van der Waals surface area contributed by atoms with Crippen LogP contribution in [-0.4, -0.2) is 49.3 Å². The number of carbonyl (C=O) groups is 2. The lowest BCUT2D eigenvalue weighted by atomic mass is 9.94. The number of aryl methyl sites for hydroxylation is 1. The molecule has 10 nitrogen and oxygen atoms in total. The fourth-order valence-corrected chi connectivity index (χ4v) is 4.60. The fourth-order valence-electron chi connectivity index (χ4n) is 4.60. The quantitative estimate of drug-likeness (QED) is 0.457. The van der Waals surface area contributed by atoms with E-state index in [9.17, 15) is 9.59 Å². The summed E-state index contributed by atoms with van der Waals surface area (Å²) in [5, 5.41) is 17.2. The van der Waals surface area contributed by atoms with Gasteiger partial charge in [0.05, 0.1) is 5.71 Å². The molecule has 4 heterocycles. The van der Waals surface area contributed by atoms with E-state index < -0.39 is 5.92 Å². The van der Waals surface area contributed by atoms with Gasteiger partial charge in [-0.05, 0) is 41.3 Å². The molecular weight excluding hydrogens is 470 g/mol. The van der Waals surface area contributed by atoms with E-state index in [0.29, 0.717) is 43.5 Å². The molecule has 2 aliphatic rings. The van der Waals surface area contributed by atoms with E-state index in [2.05, 4.69) is 32.5 Å². The SMILES string of the molecule is [CH2]CCCCCN1N=C(c2ccc(NC(=O)N3Cc4ccncc4C3)cc2)CC(c2nnc(C)o2)C1=O. The van der Waals surface area contributed by atoms with Crippen LogP contribution in [0.15, 0.2) is 52.2 Å². The van der Waals surface area contributed by atoms with Gasteiger partial charge in [-0.1, -0.05) is 38.3 Å². The van der Waals surface area contributed by atoms with Crippen molar-refractivity contribution in [1.29, 1.82) is 0 Å². The molecule has 1 atom stereocenters. The van der Waals surface area contributed by atoms with Crippen LogP contribution in [0.3, 0.4) is 0 Å². The van der Waals surface area contributed by atoms with E-state index in [4.69, 9.17) is 4.42 Å². The third kappa shape index (κ3) is 5.52. The van der Waals surface area contributed by atoms with Crippen molar-refractivity contribution < 1.29 is 14.0 Å². The standard InChI is InChI=1S/C27H30N7O3/c1-3-4-5-6-13-34-26(35)23(25-31-30-18(2)37-25)14-24(32-34)19-7-9-22(10-8-19)29-27(36)33-16-20-11-12-28-15-21(20)17-33/h7-12,15,23H,1,3-6,13-14,16-17H2,2H3,(H,29,36). The molecule has 1 radical (unpaired) electrons. The summed E-state index contributed by atoms with van der Waals surface area (Å²) in [5.74, 6) is 0.0228. The molecule has 5 rings (SSSR count). The van der Waals surface area contributed by atoms with Gasteiger partial charge >= 0.3 is 6.03 Å². The highest BCUT2D eigenvalue weighted by Gasteiger charge is 2.36. The minimum absolute atomic E-state index is 0.132. The van der Waals surface area contributed by atoms with Crippen LogP contribution in [0.2, 0.25) is 0 Å². The normalized spacial score (nSPS) is 17.1. The molecule has 10 heteroatoms. The number of amides is 3. The Labute approximate surface area is 215 Å². The Morgan fingerprint density at radius 1 is 1.11 bits per heavy atom.